The smallest absolute Gasteiger partial charge is 0.159 e. The van der Waals surface area contributed by atoms with Crippen LogP contribution in [0.25, 0.3) is 0 Å². The summed E-state index contributed by atoms with van der Waals surface area (Å²) < 4.78 is 11.0. The summed E-state index contributed by atoms with van der Waals surface area (Å²) in [4.78, 5) is 16.0. The maximum Gasteiger partial charge on any atom is 0.159 e. The largest absolute Gasteiger partial charge is 0.496 e. The molecule has 1 aliphatic heterocycles. The molecular formula is C23H30N2O4. The molecule has 1 fully saturated rings. The van der Waals surface area contributed by atoms with Crippen LogP contribution < -0.4 is 9.64 Å². The van der Waals surface area contributed by atoms with E-state index in [-0.39, 0.29) is 5.78 Å². The van der Waals surface area contributed by atoms with Crippen LogP contribution in [0.15, 0.2) is 48.5 Å². The lowest BCUT2D eigenvalue weighted by atomic mass is 10.1. The van der Waals surface area contributed by atoms with Crippen molar-refractivity contribution in [1.29, 1.82) is 0 Å². The van der Waals surface area contributed by atoms with Crippen LogP contribution in [0.4, 0.5) is 5.69 Å². The third kappa shape index (κ3) is 6.03. The van der Waals surface area contributed by atoms with Crippen molar-refractivity contribution < 1.29 is 19.4 Å². The quantitative estimate of drug-likeness (QED) is 0.655. The minimum absolute atomic E-state index is 0.0864. The van der Waals surface area contributed by atoms with Gasteiger partial charge in [0, 0.05) is 49.5 Å². The summed E-state index contributed by atoms with van der Waals surface area (Å²) in [5.41, 5.74) is 2.85. The van der Waals surface area contributed by atoms with Crippen molar-refractivity contribution in [2.45, 2.75) is 19.6 Å². The number of benzene rings is 2. The molecule has 6 heteroatoms. The number of para-hydroxylation sites is 1. The molecule has 3 rings (SSSR count). The first kappa shape index (κ1) is 21.3. The van der Waals surface area contributed by atoms with Gasteiger partial charge < -0.3 is 19.5 Å². The number of β-amino-alcohol motifs (C(OH)–C–C–N with tert-alkyl or cyclic N) is 1. The second-order valence-corrected chi connectivity index (χ2v) is 7.37. The molecule has 0 radical (unpaired) electrons. The molecule has 0 saturated carbocycles. The lowest BCUT2D eigenvalue weighted by Gasteiger charge is -2.37. The van der Waals surface area contributed by atoms with Gasteiger partial charge in [-0.25, -0.2) is 0 Å². The van der Waals surface area contributed by atoms with E-state index in [1.165, 1.54) is 0 Å². The van der Waals surface area contributed by atoms with E-state index in [9.17, 15) is 9.90 Å². The summed E-state index contributed by atoms with van der Waals surface area (Å²) >= 11 is 0. The average Bonchev–Trinajstić information content (AvgIpc) is 2.74. The highest BCUT2D eigenvalue weighted by Crippen LogP contribution is 2.19. The zero-order valence-electron chi connectivity index (χ0n) is 17.2. The molecule has 1 N–H and O–H groups in total. The van der Waals surface area contributed by atoms with E-state index in [0.29, 0.717) is 19.8 Å². The topological polar surface area (TPSA) is 62.2 Å². The Balaban J connectivity index is 1.39. The molecule has 0 bridgehead atoms. The fraction of sp³-hybridized carbons (Fsp3) is 0.435. The van der Waals surface area contributed by atoms with Gasteiger partial charge in [-0.1, -0.05) is 18.2 Å². The number of piperazine rings is 1. The van der Waals surface area contributed by atoms with E-state index < -0.39 is 6.10 Å². The van der Waals surface area contributed by atoms with Gasteiger partial charge in [-0.3, -0.25) is 9.69 Å². The Morgan fingerprint density at radius 2 is 1.76 bits per heavy atom. The van der Waals surface area contributed by atoms with Crippen molar-refractivity contribution in [1.82, 2.24) is 4.90 Å². The molecule has 1 saturated heterocycles. The summed E-state index contributed by atoms with van der Waals surface area (Å²) in [5, 5.41) is 10.3. The number of methoxy groups -OCH3 is 1. The Bertz CT molecular complexity index is 786. The van der Waals surface area contributed by atoms with E-state index in [2.05, 4.69) is 9.80 Å². The summed E-state index contributed by atoms with van der Waals surface area (Å²) in [6.07, 6.45) is -0.522. The van der Waals surface area contributed by atoms with Gasteiger partial charge in [0.05, 0.1) is 26.4 Å². The number of ether oxygens (including phenoxy) is 2. The van der Waals surface area contributed by atoms with Gasteiger partial charge in [0.2, 0.25) is 0 Å². The predicted molar refractivity (Wildman–Crippen MR) is 114 cm³/mol. The maximum atomic E-state index is 11.4. The van der Waals surface area contributed by atoms with Gasteiger partial charge in [-0.2, -0.15) is 0 Å². The number of aliphatic hydroxyl groups is 1. The van der Waals surface area contributed by atoms with Gasteiger partial charge in [-0.15, -0.1) is 0 Å². The molecule has 1 heterocycles. The van der Waals surface area contributed by atoms with Crippen molar-refractivity contribution in [2.75, 3.05) is 51.3 Å². The number of carbonyl (C=O) groups is 1. The molecule has 0 spiro atoms. The minimum atomic E-state index is -0.522. The second kappa shape index (κ2) is 10.4. The van der Waals surface area contributed by atoms with Crippen LogP contribution in [0.3, 0.4) is 0 Å². The Morgan fingerprint density at radius 1 is 1.07 bits per heavy atom. The van der Waals surface area contributed by atoms with Crippen LogP contribution in [-0.4, -0.2) is 68.3 Å². The highest BCUT2D eigenvalue weighted by Gasteiger charge is 2.20. The Morgan fingerprint density at radius 3 is 2.41 bits per heavy atom. The molecule has 0 aliphatic carbocycles. The number of rotatable bonds is 9. The molecule has 2 aromatic rings. The SMILES string of the molecule is COc1ccccc1COCC(O)CN1CCN(c2ccc(C(C)=O)cc2)CC1. The van der Waals surface area contributed by atoms with E-state index in [4.69, 9.17) is 9.47 Å². The second-order valence-electron chi connectivity index (χ2n) is 7.37. The van der Waals surface area contributed by atoms with Gasteiger partial charge in [0.25, 0.3) is 0 Å². The van der Waals surface area contributed by atoms with Gasteiger partial charge in [0.1, 0.15) is 5.75 Å². The molecule has 1 aliphatic rings. The predicted octanol–water partition coefficient (Wildman–Crippen LogP) is 2.60. The molecule has 0 aromatic heterocycles. The highest BCUT2D eigenvalue weighted by molar-refractivity contribution is 5.94. The molecule has 6 nitrogen and oxygen atoms in total. The number of hydrogen-bond acceptors (Lipinski definition) is 6. The van der Waals surface area contributed by atoms with Crippen LogP contribution in [0.5, 0.6) is 5.75 Å². The lowest BCUT2D eigenvalue weighted by molar-refractivity contribution is 0.00866. The number of anilines is 1. The number of aliphatic hydroxyl groups excluding tert-OH is 1. The first-order valence-corrected chi connectivity index (χ1v) is 10.0. The summed E-state index contributed by atoms with van der Waals surface area (Å²) in [5.74, 6) is 0.887. The summed E-state index contributed by atoms with van der Waals surface area (Å²) in [6, 6.07) is 15.5. The average molecular weight is 399 g/mol. The molecule has 2 aromatic carbocycles. The van der Waals surface area contributed by atoms with E-state index >= 15 is 0 Å². The highest BCUT2D eigenvalue weighted by atomic mass is 16.5. The van der Waals surface area contributed by atoms with Crippen LogP contribution in [-0.2, 0) is 11.3 Å². The number of Topliss-reactive ketones (excluding diaryl/α,β-unsaturated/α-hetero) is 1. The Hall–Kier alpha value is -2.41. The number of nitrogens with zero attached hydrogens (tertiary/aromatic N) is 2. The number of hydrogen-bond donors (Lipinski definition) is 1. The fourth-order valence-corrected chi connectivity index (χ4v) is 3.57. The van der Waals surface area contributed by atoms with E-state index in [0.717, 1.165) is 48.7 Å². The maximum absolute atomic E-state index is 11.4. The molecule has 1 atom stereocenters. The summed E-state index contributed by atoms with van der Waals surface area (Å²) in [7, 11) is 1.64. The van der Waals surface area contributed by atoms with Crippen molar-refractivity contribution >= 4 is 11.5 Å². The fourth-order valence-electron chi connectivity index (χ4n) is 3.57. The Labute approximate surface area is 172 Å². The van der Waals surface area contributed by atoms with Crippen LogP contribution in [0.2, 0.25) is 0 Å². The Kier molecular flexibility index (Phi) is 7.63. The standard InChI is InChI=1S/C23H30N2O4/c1-18(26)19-7-9-21(10-8-19)25-13-11-24(12-14-25)15-22(27)17-29-16-20-5-3-4-6-23(20)28-2/h3-10,22,27H,11-17H2,1-2H3. The van der Waals surface area contributed by atoms with Crippen molar-refractivity contribution in [3.63, 3.8) is 0 Å². The number of carbonyl (C=O) groups excluding carboxylic acids is 1. The van der Waals surface area contributed by atoms with E-state index in [1.54, 1.807) is 14.0 Å². The van der Waals surface area contributed by atoms with Crippen LogP contribution in [0, 0.1) is 0 Å². The zero-order valence-corrected chi connectivity index (χ0v) is 17.2. The van der Waals surface area contributed by atoms with Crippen molar-refractivity contribution in [2.24, 2.45) is 0 Å². The van der Waals surface area contributed by atoms with Crippen LogP contribution in [0.1, 0.15) is 22.8 Å². The van der Waals surface area contributed by atoms with Crippen molar-refractivity contribution in [3.05, 3.63) is 59.7 Å². The first-order valence-electron chi connectivity index (χ1n) is 10.0. The third-order valence-corrected chi connectivity index (χ3v) is 5.24. The molecular weight excluding hydrogens is 368 g/mol. The van der Waals surface area contributed by atoms with Gasteiger partial charge >= 0.3 is 0 Å². The number of ketones is 1. The third-order valence-electron chi connectivity index (χ3n) is 5.24. The molecule has 156 valence electrons. The minimum Gasteiger partial charge on any atom is -0.496 e. The molecule has 0 amide bonds. The van der Waals surface area contributed by atoms with E-state index in [1.807, 2.05) is 48.5 Å². The first-order chi connectivity index (χ1) is 14.1. The van der Waals surface area contributed by atoms with Gasteiger partial charge in [0.15, 0.2) is 5.78 Å². The molecule has 1 unspecified atom stereocenters. The van der Waals surface area contributed by atoms with Gasteiger partial charge in [-0.05, 0) is 37.3 Å². The summed E-state index contributed by atoms with van der Waals surface area (Å²) in [6.45, 7) is 6.47. The van der Waals surface area contributed by atoms with Crippen molar-refractivity contribution in [3.8, 4) is 5.75 Å². The zero-order chi connectivity index (χ0) is 20.6. The lowest BCUT2D eigenvalue weighted by Crippen LogP contribution is -2.49. The van der Waals surface area contributed by atoms with Crippen LogP contribution >= 0.6 is 0 Å². The molecule has 29 heavy (non-hydrogen) atoms. The monoisotopic (exact) mass is 398 g/mol. The normalized spacial score (nSPS) is 15.9.